The predicted octanol–water partition coefficient (Wildman–Crippen LogP) is 2.58. The summed E-state index contributed by atoms with van der Waals surface area (Å²) in [4.78, 5) is 11.1. The second-order valence-corrected chi connectivity index (χ2v) is 4.62. The van der Waals surface area contributed by atoms with Crippen molar-refractivity contribution in [2.45, 2.75) is 32.7 Å². The van der Waals surface area contributed by atoms with Crippen LogP contribution in [0.5, 0.6) is 0 Å². The number of aryl methyl sites for hydroxylation is 2. The smallest absolute Gasteiger partial charge is 0.326 e. The van der Waals surface area contributed by atoms with E-state index in [0.29, 0.717) is 5.92 Å². The molecule has 0 saturated heterocycles. The molecule has 0 bridgehead atoms. The summed E-state index contributed by atoms with van der Waals surface area (Å²) in [7, 11) is 0. The maximum Gasteiger partial charge on any atom is 0.326 e. The van der Waals surface area contributed by atoms with Gasteiger partial charge in [0.15, 0.2) is 0 Å². The Bertz CT molecular complexity index is 410. The van der Waals surface area contributed by atoms with Crippen molar-refractivity contribution in [1.82, 2.24) is 0 Å². The van der Waals surface area contributed by atoms with Crippen molar-refractivity contribution in [2.24, 2.45) is 5.92 Å². The minimum absolute atomic E-state index is 0.304. The molecule has 0 aliphatic heterocycles. The van der Waals surface area contributed by atoms with Crippen LogP contribution in [0.2, 0.25) is 0 Å². The number of carbonyl (C=O) groups is 1. The minimum atomic E-state index is -0.748. The summed E-state index contributed by atoms with van der Waals surface area (Å²) in [6.45, 7) is 4.04. The summed E-state index contributed by atoms with van der Waals surface area (Å²) in [6, 6.07) is 5.60. The highest BCUT2D eigenvalue weighted by Gasteiger charge is 2.36. The third-order valence-electron chi connectivity index (χ3n) is 3.05. The van der Waals surface area contributed by atoms with Gasteiger partial charge in [0.2, 0.25) is 0 Å². The van der Waals surface area contributed by atoms with Crippen LogP contribution in [0, 0.1) is 19.8 Å². The number of nitrogens with one attached hydrogen (secondary N) is 1. The van der Waals surface area contributed by atoms with Gasteiger partial charge in [0.1, 0.15) is 6.04 Å². The number of carboxylic acid groups (broad SMARTS) is 1. The molecule has 1 aliphatic carbocycles. The van der Waals surface area contributed by atoms with Crippen LogP contribution >= 0.6 is 0 Å². The van der Waals surface area contributed by atoms with E-state index in [2.05, 4.69) is 11.4 Å². The molecule has 1 atom stereocenters. The van der Waals surface area contributed by atoms with Gasteiger partial charge < -0.3 is 10.4 Å². The van der Waals surface area contributed by atoms with E-state index >= 15 is 0 Å². The molecule has 3 heteroatoms. The van der Waals surface area contributed by atoms with E-state index in [1.165, 1.54) is 5.56 Å². The zero-order valence-corrected chi connectivity index (χ0v) is 9.66. The molecule has 16 heavy (non-hydrogen) atoms. The Labute approximate surface area is 95.5 Å². The molecule has 0 heterocycles. The SMILES string of the molecule is Cc1ccc(NC(C(=O)O)C2CC2)c(C)c1. The fourth-order valence-electron chi connectivity index (χ4n) is 1.95. The lowest BCUT2D eigenvalue weighted by Gasteiger charge is -2.17. The molecular weight excluding hydrogens is 202 g/mol. The summed E-state index contributed by atoms with van der Waals surface area (Å²) < 4.78 is 0. The van der Waals surface area contributed by atoms with Crippen LogP contribution in [0.1, 0.15) is 24.0 Å². The standard InChI is InChI=1S/C13H17NO2/c1-8-3-6-11(9(2)7-8)14-12(13(15)16)10-4-5-10/h3,6-7,10,12,14H,4-5H2,1-2H3,(H,15,16). The molecule has 0 aromatic heterocycles. The molecule has 86 valence electrons. The topological polar surface area (TPSA) is 49.3 Å². The predicted molar refractivity (Wildman–Crippen MR) is 63.7 cm³/mol. The van der Waals surface area contributed by atoms with Crippen molar-refractivity contribution >= 4 is 11.7 Å². The van der Waals surface area contributed by atoms with Gasteiger partial charge in [-0.3, -0.25) is 0 Å². The highest BCUT2D eigenvalue weighted by atomic mass is 16.4. The number of aliphatic carboxylic acids is 1. The lowest BCUT2D eigenvalue weighted by atomic mass is 10.1. The largest absolute Gasteiger partial charge is 0.480 e. The summed E-state index contributed by atoms with van der Waals surface area (Å²) in [5.41, 5.74) is 3.23. The first kappa shape index (κ1) is 11.0. The molecule has 1 fully saturated rings. The third kappa shape index (κ3) is 2.35. The lowest BCUT2D eigenvalue weighted by Crippen LogP contribution is -2.31. The Hall–Kier alpha value is -1.51. The minimum Gasteiger partial charge on any atom is -0.480 e. The first-order valence-electron chi connectivity index (χ1n) is 5.64. The molecule has 2 rings (SSSR count). The molecule has 1 aliphatic rings. The number of hydrogen-bond donors (Lipinski definition) is 2. The van der Waals surface area contributed by atoms with E-state index in [1.54, 1.807) is 0 Å². The van der Waals surface area contributed by atoms with E-state index in [-0.39, 0.29) is 0 Å². The maximum atomic E-state index is 11.1. The monoisotopic (exact) mass is 219 g/mol. The van der Waals surface area contributed by atoms with Crippen LogP contribution in [-0.4, -0.2) is 17.1 Å². The van der Waals surface area contributed by atoms with Gasteiger partial charge in [-0.15, -0.1) is 0 Å². The van der Waals surface area contributed by atoms with Gasteiger partial charge in [-0.1, -0.05) is 17.7 Å². The Balaban J connectivity index is 2.15. The second-order valence-electron chi connectivity index (χ2n) is 4.62. The Morgan fingerprint density at radius 1 is 1.44 bits per heavy atom. The van der Waals surface area contributed by atoms with Crippen molar-refractivity contribution in [1.29, 1.82) is 0 Å². The number of carboxylic acids is 1. The van der Waals surface area contributed by atoms with Crippen molar-refractivity contribution in [2.75, 3.05) is 5.32 Å². The Kier molecular flexibility index (Phi) is 2.86. The fraction of sp³-hybridized carbons (Fsp3) is 0.462. The van der Waals surface area contributed by atoms with E-state index < -0.39 is 12.0 Å². The molecule has 0 amide bonds. The summed E-state index contributed by atoms with van der Waals surface area (Å²) in [5.74, 6) is -0.444. The fourth-order valence-corrected chi connectivity index (χ4v) is 1.95. The van der Waals surface area contributed by atoms with Gasteiger partial charge in [0, 0.05) is 5.69 Å². The molecule has 1 saturated carbocycles. The molecule has 1 aromatic rings. The zero-order chi connectivity index (χ0) is 11.7. The van der Waals surface area contributed by atoms with Gasteiger partial charge in [-0.05, 0) is 44.2 Å². The van der Waals surface area contributed by atoms with Gasteiger partial charge in [-0.2, -0.15) is 0 Å². The van der Waals surface area contributed by atoms with Crippen molar-refractivity contribution < 1.29 is 9.90 Å². The zero-order valence-electron chi connectivity index (χ0n) is 9.66. The first-order valence-corrected chi connectivity index (χ1v) is 5.64. The van der Waals surface area contributed by atoms with E-state index in [0.717, 1.165) is 24.1 Å². The van der Waals surface area contributed by atoms with Crippen molar-refractivity contribution in [3.63, 3.8) is 0 Å². The quantitative estimate of drug-likeness (QED) is 0.818. The number of hydrogen-bond acceptors (Lipinski definition) is 2. The molecule has 2 N–H and O–H groups in total. The molecular formula is C13H17NO2. The summed E-state index contributed by atoms with van der Waals surface area (Å²) in [6.07, 6.45) is 2.05. The summed E-state index contributed by atoms with van der Waals surface area (Å²) >= 11 is 0. The molecule has 3 nitrogen and oxygen atoms in total. The van der Waals surface area contributed by atoms with Gasteiger partial charge in [0.05, 0.1) is 0 Å². The van der Waals surface area contributed by atoms with E-state index in [1.807, 2.05) is 26.0 Å². The van der Waals surface area contributed by atoms with Gasteiger partial charge in [0.25, 0.3) is 0 Å². The highest BCUT2D eigenvalue weighted by molar-refractivity contribution is 5.78. The van der Waals surface area contributed by atoms with Crippen LogP contribution in [-0.2, 0) is 4.79 Å². The highest BCUT2D eigenvalue weighted by Crippen LogP contribution is 2.34. The second kappa shape index (κ2) is 4.16. The van der Waals surface area contributed by atoms with E-state index in [4.69, 9.17) is 5.11 Å². The summed E-state index contributed by atoms with van der Waals surface area (Å²) in [5, 5.41) is 12.3. The van der Waals surface area contributed by atoms with Crippen LogP contribution in [0.4, 0.5) is 5.69 Å². The van der Waals surface area contributed by atoms with Crippen LogP contribution < -0.4 is 5.32 Å². The number of rotatable bonds is 4. The van der Waals surface area contributed by atoms with Crippen LogP contribution in [0.3, 0.4) is 0 Å². The van der Waals surface area contributed by atoms with Crippen molar-refractivity contribution in [3.8, 4) is 0 Å². The van der Waals surface area contributed by atoms with Gasteiger partial charge >= 0.3 is 5.97 Å². The van der Waals surface area contributed by atoms with E-state index in [9.17, 15) is 4.79 Å². The Morgan fingerprint density at radius 3 is 2.62 bits per heavy atom. The van der Waals surface area contributed by atoms with Crippen LogP contribution in [0.15, 0.2) is 18.2 Å². The van der Waals surface area contributed by atoms with Crippen LogP contribution in [0.25, 0.3) is 0 Å². The first-order chi connectivity index (χ1) is 7.58. The molecule has 0 spiro atoms. The average Bonchev–Trinajstić information content (AvgIpc) is 2.99. The van der Waals surface area contributed by atoms with Gasteiger partial charge in [-0.25, -0.2) is 4.79 Å². The normalized spacial score (nSPS) is 16.9. The molecule has 1 aromatic carbocycles. The Morgan fingerprint density at radius 2 is 2.12 bits per heavy atom. The van der Waals surface area contributed by atoms with Crippen molar-refractivity contribution in [3.05, 3.63) is 29.3 Å². The third-order valence-corrected chi connectivity index (χ3v) is 3.05. The number of benzene rings is 1. The maximum absolute atomic E-state index is 11.1. The lowest BCUT2D eigenvalue weighted by molar-refractivity contribution is -0.138. The number of anilines is 1. The molecule has 0 radical (unpaired) electrons. The average molecular weight is 219 g/mol. The molecule has 1 unspecified atom stereocenters.